The Balaban J connectivity index is 1.95. The van der Waals surface area contributed by atoms with Gasteiger partial charge in [0.1, 0.15) is 0 Å². The van der Waals surface area contributed by atoms with E-state index >= 15 is 0 Å². The molecule has 110 valence electrons. The molecular weight excluding hydrogens is 277 g/mol. The molecule has 1 aliphatic carbocycles. The highest BCUT2D eigenvalue weighted by atomic mass is 19.4. The largest absolute Gasteiger partial charge is 0.418 e. The number of benzene rings is 2. The van der Waals surface area contributed by atoms with Gasteiger partial charge in [0.25, 0.3) is 0 Å². The third-order valence-electron chi connectivity index (χ3n) is 3.82. The summed E-state index contributed by atoms with van der Waals surface area (Å²) in [7, 11) is 0. The van der Waals surface area contributed by atoms with Crippen molar-refractivity contribution in [2.24, 2.45) is 5.73 Å². The van der Waals surface area contributed by atoms with Crippen LogP contribution >= 0.6 is 0 Å². The maximum atomic E-state index is 13.0. The number of alkyl halides is 3. The van der Waals surface area contributed by atoms with Crippen LogP contribution in [0.5, 0.6) is 0 Å². The van der Waals surface area contributed by atoms with Gasteiger partial charge in [-0.15, -0.1) is 0 Å². The Bertz CT molecular complexity index is 652. The predicted octanol–water partition coefficient (Wildman–Crippen LogP) is 3.74. The molecule has 2 aromatic rings. The van der Waals surface area contributed by atoms with Gasteiger partial charge in [-0.05, 0) is 29.7 Å². The molecule has 0 amide bonds. The van der Waals surface area contributed by atoms with Gasteiger partial charge in [-0.25, -0.2) is 0 Å². The van der Waals surface area contributed by atoms with E-state index in [9.17, 15) is 13.2 Å². The molecule has 5 heteroatoms. The minimum Gasteiger partial charge on any atom is -0.376 e. The van der Waals surface area contributed by atoms with Crippen molar-refractivity contribution >= 4 is 5.69 Å². The molecule has 2 nitrogen and oxygen atoms in total. The number of hydrogen-bond acceptors (Lipinski definition) is 2. The van der Waals surface area contributed by atoms with Crippen molar-refractivity contribution in [2.45, 2.75) is 24.7 Å². The van der Waals surface area contributed by atoms with Gasteiger partial charge in [-0.1, -0.05) is 36.4 Å². The summed E-state index contributed by atoms with van der Waals surface area (Å²) in [6, 6.07) is 12.6. The summed E-state index contributed by atoms with van der Waals surface area (Å²) >= 11 is 0. The molecule has 0 saturated heterocycles. The molecule has 0 radical (unpaired) electrons. The van der Waals surface area contributed by atoms with Gasteiger partial charge in [-0.2, -0.15) is 13.2 Å². The molecule has 2 atom stereocenters. The van der Waals surface area contributed by atoms with Crippen LogP contribution in [0.3, 0.4) is 0 Å². The number of rotatable bonds is 2. The van der Waals surface area contributed by atoms with Gasteiger partial charge in [0.15, 0.2) is 0 Å². The maximum Gasteiger partial charge on any atom is 0.418 e. The SMILES string of the molecule is NC1Cc2ccccc2C1Nc1ccccc1C(F)(F)F. The van der Waals surface area contributed by atoms with E-state index in [1.807, 2.05) is 24.3 Å². The molecule has 0 bridgehead atoms. The normalized spacial score (nSPS) is 21.1. The van der Waals surface area contributed by atoms with Crippen molar-refractivity contribution in [2.75, 3.05) is 5.32 Å². The van der Waals surface area contributed by atoms with Crippen LogP contribution in [0.1, 0.15) is 22.7 Å². The number of halogens is 3. The van der Waals surface area contributed by atoms with E-state index in [1.165, 1.54) is 12.1 Å². The third kappa shape index (κ3) is 2.61. The van der Waals surface area contributed by atoms with Crippen molar-refractivity contribution in [3.8, 4) is 0 Å². The first-order chi connectivity index (χ1) is 9.97. The van der Waals surface area contributed by atoms with Gasteiger partial charge in [0.2, 0.25) is 0 Å². The van der Waals surface area contributed by atoms with E-state index in [0.29, 0.717) is 6.42 Å². The van der Waals surface area contributed by atoms with Crippen LogP contribution in [0.15, 0.2) is 48.5 Å². The zero-order valence-electron chi connectivity index (χ0n) is 11.2. The molecule has 0 saturated carbocycles. The average molecular weight is 292 g/mol. The molecule has 0 aliphatic heterocycles. The summed E-state index contributed by atoms with van der Waals surface area (Å²) in [5, 5.41) is 2.98. The predicted molar refractivity (Wildman–Crippen MR) is 75.9 cm³/mol. The number of anilines is 1. The third-order valence-corrected chi connectivity index (χ3v) is 3.82. The molecule has 1 aliphatic rings. The Kier molecular flexibility index (Phi) is 3.37. The van der Waals surface area contributed by atoms with Crippen LogP contribution in [-0.2, 0) is 12.6 Å². The van der Waals surface area contributed by atoms with Crippen LogP contribution in [0.25, 0.3) is 0 Å². The first kappa shape index (κ1) is 13.9. The fraction of sp³-hybridized carbons (Fsp3) is 0.250. The molecule has 0 fully saturated rings. The summed E-state index contributed by atoms with van der Waals surface area (Å²) in [4.78, 5) is 0. The van der Waals surface area contributed by atoms with Crippen molar-refractivity contribution in [1.82, 2.24) is 0 Å². The van der Waals surface area contributed by atoms with E-state index in [1.54, 1.807) is 6.07 Å². The van der Waals surface area contributed by atoms with Gasteiger partial charge >= 0.3 is 6.18 Å². The van der Waals surface area contributed by atoms with Crippen LogP contribution < -0.4 is 11.1 Å². The maximum absolute atomic E-state index is 13.0. The lowest BCUT2D eigenvalue weighted by Crippen LogP contribution is -2.30. The highest BCUT2D eigenvalue weighted by Crippen LogP contribution is 2.38. The first-order valence-electron chi connectivity index (χ1n) is 6.73. The summed E-state index contributed by atoms with van der Waals surface area (Å²) in [6.45, 7) is 0. The average Bonchev–Trinajstić information content (AvgIpc) is 2.75. The Labute approximate surface area is 120 Å². The Morgan fingerprint density at radius 1 is 1.00 bits per heavy atom. The highest BCUT2D eigenvalue weighted by molar-refractivity contribution is 5.56. The lowest BCUT2D eigenvalue weighted by Gasteiger charge is -2.22. The lowest BCUT2D eigenvalue weighted by atomic mass is 10.1. The summed E-state index contributed by atoms with van der Waals surface area (Å²) in [5.74, 6) is 0. The molecule has 21 heavy (non-hydrogen) atoms. The fourth-order valence-corrected chi connectivity index (χ4v) is 2.83. The molecular formula is C16H15F3N2. The second-order valence-electron chi connectivity index (χ2n) is 5.23. The van der Waals surface area contributed by atoms with Crippen molar-refractivity contribution < 1.29 is 13.2 Å². The van der Waals surface area contributed by atoms with Crippen molar-refractivity contribution in [3.63, 3.8) is 0 Å². The Morgan fingerprint density at radius 2 is 1.67 bits per heavy atom. The zero-order valence-corrected chi connectivity index (χ0v) is 11.2. The first-order valence-corrected chi connectivity index (χ1v) is 6.73. The number of nitrogens with two attached hydrogens (primary N) is 1. The fourth-order valence-electron chi connectivity index (χ4n) is 2.83. The second-order valence-corrected chi connectivity index (χ2v) is 5.23. The van der Waals surface area contributed by atoms with E-state index in [0.717, 1.165) is 17.2 Å². The minimum atomic E-state index is -4.38. The summed E-state index contributed by atoms with van der Waals surface area (Å²) in [6.07, 6.45) is -3.71. The Hall–Kier alpha value is -2.01. The molecule has 2 aromatic carbocycles. The van der Waals surface area contributed by atoms with Crippen LogP contribution in [0.2, 0.25) is 0 Å². The van der Waals surface area contributed by atoms with E-state index in [2.05, 4.69) is 5.32 Å². The van der Waals surface area contributed by atoms with Gasteiger partial charge in [-0.3, -0.25) is 0 Å². The Morgan fingerprint density at radius 3 is 2.43 bits per heavy atom. The topological polar surface area (TPSA) is 38.0 Å². The van der Waals surface area contributed by atoms with Crippen LogP contribution in [-0.4, -0.2) is 6.04 Å². The summed E-state index contributed by atoms with van der Waals surface area (Å²) in [5.41, 5.74) is 7.56. The number of hydrogen-bond donors (Lipinski definition) is 2. The van der Waals surface area contributed by atoms with Gasteiger partial charge in [0, 0.05) is 11.7 Å². The van der Waals surface area contributed by atoms with Crippen molar-refractivity contribution in [3.05, 3.63) is 65.2 Å². The molecule has 3 rings (SSSR count). The monoisotopic (exact) mass is 292 g/mol. The molecule has 0 aromatic heterocycles. The summed E-state index contributed by atoms with van der Waals surface area (Å²) < 4.78 is 39.1. The van der Waals surface area contributed by atoms with E-state index in [4.69, 9.17) is 5.73 Å². The van der Waals surface area contributed by atoms with Crippen LogP contribution in [0, 0.1) is 0 Å². The van der Waals surface area contributed by atoms with Crippen molar-refractivity contribution in [1.29, 1.82) is 0 Å². The second kappa shape index (κ2) is 5.07. The molecule has 0 spiro atoms. The molecule has 0 heterocycles. The number of fused-ring (bicyclic) bond motifs is 1. The number of para-hydroxylation sites is 1. The molecule has 3 N–H and O–H groups in total. The standard InChI is InChI=1S/C16H15F3N2/c17-16(18,19)12-7-3-4-8-14(12)21-15-11-6-2-1-5-10(11)9-13(15)20/h1-8,13,15,21H,9,20H2. The van der Waals surface area contributed by atoms with Gasteiger partial charge in [0.05, 0.1) is 11.6 Å². The van der Waals surface area contributed by atoms with E-state index in [-0.39, 0.29) is 17.8 Å². The minimum absolute atomic E-state index is 0.0714. The molecule has 2 unspecified atom stereocenters. The smallest absolute Gasteiger partial charge is 0.376 e. The van der Waals surface area contributed by atoms with Gasteiger partial charge < -0.3 is 11.1 Å². The van der Waals surface area contributed by atoms with Crippen LogP contribution in [0.4, 0.5) is 18.9 Å². The quantitative estimate of drug-likeness (QED) is 0.885. The zero-order chi connectivity index (χ0) is 15.0. The highest BCUT2D eigenvalue weighted by Gasteiger charge is 2.35. The number of nitrogens with one attached hydrogen (secondary N) is 1. The van der Waals surface area contributed by atoms with E-state index < -0.39 is 11.7 Å². The lowest BCUT2D eigenvalue weighted by molar-refractivity contribution is -0.137.